The second kappa shape index (κ2) is 10.5. The maximum absolute atomic E-state index is 13.0. The summed E-state index contributed by atoms with van der Waals surface area (Å²) in [6.45, 7) is 10.3. The lowest BCUT2D eigenvalue weighted by Crippen LogP contribution is -2.49. The normalized spacial score (nSPS) is 27.0. The smallest absolute Gasteiger partial charge is 0.389 e. The van der Waals surface area contributed by atoms with Crippen LogP contribution < -0.4 is 4.90 Å². The molecule has 31 heavy (non-hydrogen) atoms. The molecule has 2 fully saturated rings. The van der Waals surface area contributed by atoms with Crippen molar-refractivity contribution in [1.29, 1.82) is 0 Å². The minimum Gasteiger partial charge on any atom is -0.389 e. The Kier molecular flexibility index (Phi) is 8.27. The number of anilines is 1. The van der Waals surface area contributed by atoms with E-state index in [1.165, 1.54) is 25.0 Å². The van der Waals surface area contributed by atoms with Gasteiger partial charge in [0, 0.05) is 38.4 Å². The Bertz CT molecular complexity index is 690. The van der Waals surface area contributed by atoms with Gasteiger partial charge in [0.1, 0.15) is 0 Å². The van der Waals surface area contributed by atoms with Crippen LogP contribution in [0.4, 0.5) is 18.9 Å². The number of nitrogens with zero attached hydrogens (tertiary/aromatic N) is 2. The largest absolute Gasteiger partial charge is 0.416 e. The molecule has 4 atom stereocenters. The number of halogens is 3. The Hall–Kier alpha value is -1.31. The van der Waals surface area contributed by atoms with Gasteiger partial charge in [0.25, 0.3) is 0 Å². The minimum absolute atomic E-state index is 0.219. The van der Waals surface area contributed by atoms with Crippen LogP contribution in [0.25, 0.3) is 0 Å². The van der Waals surface area contributed by atoms with Gasteiger partial charge < -0.3 is 14.7 Å². The maximum atomic E-state index is 13.0. The molecule has 7 heteroatoms. The SMILES string of the molecule is CC(C)[C@H]1CC[C@@H](C)C[C@H]1OC[C@H](O)CN1CCN(c2cccc(C(F)(F)F)c2)CC1. The Balaban J connectivity index is 1.44. The molecule has 0 radical (unpaired) electrons. The number of benzene rings is 1. The summed E-state index contributed by atoms with van der Waals surface area (Å²) >= 11 is 0. The van der Waals surface area contributed by atoms with E-state index in [4.69, 9.17) is 4.74 Å². The zero-order valence-electron chi connectivity index (χ0n) is 18.9. The number of alkyl halides is 3. The van der Waals surface area contributed by atoms with Crippen molar-refractivity contribution in [3.63, 3.8) is 0 Å². The summed E-state index contributed by atoms with van der Waals surface area (Å²) in [4.78, 5) is 4.15. The number of β-amino-alcohol motifs (C(OH)–C–C–N with tert-alkyl or cyclic N) is 1. The zero-order valence-corrected chi connectivity index (χ0v) is 18.9. The fourth-order valence-electron chi connectivity index (χ4n) is 4.96. The highest BCUT2D eigenvalue weighted by Gasteiger charge is 2.33. The molecule has 1 saturated carbocycles. The number of aliphatic hydroxyl groups excluding tert-OH is 1. The first-order valence-electron chi connectivity index (χ1n) is 11.6. The van der Waals surface area contributed by atoms with Crippen molar-refractivity contribution in [3.05, 3.63) is 29.8 Å². The average molecular weight is 443 g/mol. The number of ether oxygens (including phenoxy) is 1. The van der Waals surface area contributed by atoms with Crippen LogP contribution in [0.2, 0.25) is 0 Å². The summed E-state index contributed by atoms with van der Waals surface area (Å²) in [6, 6.07) is 5.51. The molecular weight excluding hydrogens is 405 g/mol. The highest BCUT2D eigenvalue weighted by Crippen LogP contribution is 2.35. The topological polar surface area (TPSA) is 35.9 Å². The fourth-order valence-corrected chi connectivity index (χ4v) is 4.96. The molecule has 1 aromatic carbocycles. The van der Waals surface area contributed by atoms with Gasteiger partial charge in [0.05, 0.1) is 24.4 Å². The van der Waals surface area contributed by atoms with Crippen LogP contribution in [0.5, 0.6) is 0 Å². The third-order valence-corrected chi connectivity index (χ3v) is 6.84. The average Bonchev–Trinajstić information content (AvgIpc) is 2.72. The molecule has 176 valence electrons. The van der Waals surface area contributed by atoms with E-state index in [9.17, 15) is 18.3 Å². The lowest BCUT2D eigenvalue weighted by Gasteiger charge is -2.39. The molecule has 1 N–H and O–H groups in total. The first-order valence-corrected chi connectivity index (χ1v) is 11.6. The standard InChI is InChI=1S/C24H37F3N2O2/c1-17(2)22-8-7-18(3)13-23(22)31-16-21(30)15-28-9-11-29(12-10-28)20-6-4-5-19(14-20)24(25,26)27/h4-6,14,17-18,21-23,30H,7-13,15-16H2,1-3H3/t18-,21-,22-,23-/m1/s1. The molecule has 0 amide bonds. The molecule has 0 aromatic heterocycles. The molecule has 1 saturated heterocycles. The van der Waals surface area contributed by atoms with E-state index in [1.54, 1.807) is 6.07 Å². The Morgan fingerprint density at radius 3 is 2.48 bits per heavy atom. The van der Waals surface area contributed by atoms with Crippen molar-refractivity contribution in [2.45, 2.75) is 58.4 Å². The second-order valence-corrected chi connectivity index (χ2v) is 9.69. The van der Waals surface area contributed by atoms with E-state index in [2.05, 4.69) is 25.7 Å². The van der Waals surface area contributed by atoms with E-state index < -0.39 is 17.8 Å². The van der Waals surface area contributed by atoms with Crippen molar-refractivity contribution in [2.24, 2.45) is 17.8 Å². The highest BCUT2D eigenvalue weighted by atomic mass is 19.4. The molecule has 4 nitrogen and oxygen atoms in total. The molecule has 1 heterocycles. The summed E-state index contributed by atoms with van der Waals surface area (Å²) in [6.07, 6.45) is -1.16. The molecule has 3 rings (SSSR count). The minimum atomic E-state index is -4.33. The second-order valence-electron chi connectivity index (χ2n) is 9.69. The Morgan fingerprint density at radius 2 is 1.84 bits per heavy atom. The van der Waals surface area contributed by atoms with Gasteiger partial charge in [0.15, 0.2) is 0 Å². The Labute approximate surface area is 184 Å². The summed E-state index contributed by atoms with van der Waals surface area (Å²) in [5, 5.41) is 10.5. The van der Waals surface area contributed by atoms with Crippen molar-refractivity contribution in [1.82, 2.24) is 4.90 Å². The number of aliphatic hydroxyl groups is 1. The fraction of sp³-hybridized carbons (Fsp3) is 0.750. The molecule has 0 spiro atoms. The van der Waals surface area contributed by atoms with Crippen LogP contribution >= 0.6 is 0 Å². The highest BCUT2D eigenvalue weighted by molar-refractivity contribution is 5.49. The number of piperazine rings is 1. The van der Waals surface area contributed by atoms with Gasteiger partial charge in [-0.3, -0.25) is 4.90 Å². The monoisotopic (exact) mass is 442 g/mol. The van der Waals surface area contributed by atoms with Crippen LogP contribution in [0, 0.1) is 17.8 Å². The van der Waals surface area contributed by atoms with E-state index in [0.717, 1.165) is 12.5 Å². The predicted octanol–water partition coefficient (Wildman–Crippen LogP) is 4.67. The molecule has 1 aliphatic carbocycles. The van der Waals surface area contributed by atoms with Crippen LogP contribution in [0.3, 0.4) is 0 Å². The van der Waals surface area contributed by atoms with Crippen molar-refractivity contribution < 1.29 is 23.0 Å². The first kappa shape index (κ1) is 24.3. The van der Waals surface area contributed by atoms with E-state index >= 15 is 0 Å². The van der Waals surface area contributed by atoms with Gasteiger partial charge in [-0.25, -0.2) is 0 Å². The predicted molar refractivity (Wildman–Crippen MR) is 117 cm³/mol. The van der Waals surface area contributed by atoms with Crippen LogP contribution in [-0.4, -0.2) is 61.5 Å². The summed E-state index contributed by atoms with van der Waals surface area (Å²) in [7, 11) is 0. The van der Waals surface area contributed by atoms with E-state index in [0.29, 0.717) is 62.8 Å². The van der Waals surface area contributed by atoms with Gasteiger partial charge in [-0.05, 0) is 48.8 Å². The summed E-state index contributed by atoms with van der Waals surface area (Å²) < 4.78 is 45.1. The molecule has 1 aliphatic heterocycles. The molecule has 1 aromatic rings. The maximum Gasteiger partial charge on any atom is 0.416 e. The van der Waals surface area contributed by atoms with Crippen molar-refractivity contribution in [2.75, 3.05) is 44.2 Å². The number of hydrogen-bond donors (Lipinski definition) is 1. The van der Waals surface area contributed by atoms with Crippen LogP contribution in [-0.2, 0) is 10.9 Å². The van der Waals surface area contributed by atoms with Gasteiger partial charge in [0.2, 0.25) is 0 Å². The molecule has 2 aliphatic rings. The number of rotatable bonds is 7. The third-order valence-electron chi connectivity index (χ3n) is 6.84. The third kappa shape index (κ3) is 6.83. The van der Waals surface area contributed by atoms with E-state index in [-0.39, 0.29) is 6.10 Å². The lowest BCUT2D eigenvalue weighted by molar-refractivity contribution is -0.137. The van der Waals surface area contributed by atoms with Gasteiger partial charge >= 0.3 is 6.18 Å². The Morgan fingerprint density at radius 1 is 1.13 bits per heavy atom. The quantitative estimate of drug-likeness (QED) is 0.666. The van der Waals surface area contributed by atoms with Crippen LogP contribution in [0.1, 0.15) is 45.6 Å². The summed E-state index contributed by atoms with van der Waals surface area (Å²) in [5.74, 6) is 1.80. The molecular formula is C24H37F3N2O2. The molecule has 0 unspecified atom stereocenters. The summed E-state index contributed by atoms with van der Waals surface area (Å²) in [5.41, 5.74) is -0.0127. The first-order chi connectivity index (χ1) is 14.6. The molecule has 0 bridgehead atoms. The zero-order chi connectivity index (χ0) is 22.6. The number of hydrogen-bond acceptors (Lipinski definition) is 4. The van der Waals surface area contributed by atoms with Crippen molar-refractivity contribution in [3.8, 4) is 0 Å². The van der Waals surface area contributed by atoms with Gasteiger partial charge in [-0.2, -0.15) is 13.2 Å². The van der Waals surface area contributed by atoms with Gasteiger partial charge in [-0.1, -0.05) is 33.3 Å². The lowest BCUT2D eigenvalue weighted by atomic mass is 9.75. The van der Waals surface area contributed by atoms with Gasteiger partial charge in [-0.15, -0.1) is 0 Å². The van der Waals surface area contributed by atoms with Crippen LogP contribution in [0.15, 0.2) is 24.3 Å². The van der Waals surface area contributed by atoms with E-state index in [1.807, 2.05) is 4.90 Å². The van der Waals surface area contributed by atoms with Crippen molar-refractivity contribution >= 4 is 5.69 Å².